The number of thiazole rings is 1. The number of hydrogen-bond acceptors (Lipinski definition) is 6. The Kier molecular flexibility index (Phi) is 5.40. The van der Waals surface area contributed by atoms with Gasteiger partial charge in [-0.2, -0.15) is 0 Å². The predicted molar refractivity (Wildman–Crippen MR) is 104 cm³/mol. The lowest BCUT2D eigenvalue weighted by molar-refractivity contribution is -0.130. The summed E-state index contributed by atoms with van der Waals surface area (Å²) in [5, 5.41) is 3.73. The van der Waals surface area contributed by atoms with Gasteiger partial charge < -0.3 is 24.8 Å². The highest BCUT2D eigenvalue weighted by atomic mass is 32.1. The lowest BCUT2D eigenvalue weighted by Crippen LogP contribution is -2.53. The number of aromatic nitrogens is 1. The number of ether oxygens (including phenoxy) is 1. The molecule has 27 heavy (non-hydrogen) atoms. The standard InChI is InChI=1S/C18H23N5O3S/c24-16(13-19-17(25)22-9-11-26-12-10-22)21-5-7-23(8-6-21)18-20-14-3-1-2-4-15(14)27-18/h1-4H,5-13H2,(H,19,25). The second-order valence-electron chi connectivity index (χ2n) is 6.59. The van der Waals surface area contributed by atoms with Crippen LogP contribution in [-0.2, 0) is 9.53 Å². The maximum absolute atomic E-state index is 12.4. The van der Waals surface area contributed by atoms with Crippen LogP contribution in [0.1, 0.15) is 0 Å². The number of piperazine rings is 1. The number of nitrogens with one attached hydrogen (secondary N) is 1. The topological polar surface area (TPSA) is 78.0 Å². The van der Waals surface area contributed by atoms with Crippen LogP contribution in [0, 0.1) is 0 Å². The maximum atomic E-state index is 12.4. The molecule has 0 radical (unpaired) electrons. The van der Waals surface area contributed by atoms with Crippen LogP contribution in [0.5, 0.6) is 0 Å². The van der Waals surface area contributed by atoms with Gasteiger partial charge in [-0.3, -0.25) is 4.79 Å². The molecule has 2 aliphatic heterocycles. The molecule has 4 rings (SSSR count). The summed E-state index contributed by atoms with van der Waals surface area (Å²) < 4.78 is 6.41. The van der Waals surface area contributed by atoms with Gasteiger partial charge in [0.05, 0.1) is 30.0 Å². The van der Waals surface area contributed by atoms with Crippen LogP contribution in [0.25, 0.3) is 10.2 Å². The first kappa shape index (κ1) is 18.0. The molecular formula is C18H23N5O3S. The van der Waals surface area contributed by atoms with Crippen molar-refractivity contribution in [3.8, 4) is 0 Å². The predicted octanol–water partition coefficient (Wildman–Crippen LogP) is 0.987. The van der Waals surface area contributed by atoms with Crippen LogP contribution >= 0.6 is 11.3 Å². The number of hydrogen-bond donors (Lipinski definition) is 1. The van der Waals surface area contributed by atoms with Crippen molar-refractivity contribution in [3.63, 3.8) is 0 Å². The normalized spacial score (nSPS) is 18.0. The SMILES string of the molecule is O=C(CNC(=O)N1CCOCC1)N1CCN(c2nc3ccccc3s2)CC1. The fourth-order valence-electron chi connectivity index (χ4n) is 3.28. The van der Waals surface area contributed by atoms with Gasteiger partial charge in [0.1, 0.15) is 0 Å². The molecule has 2 fully saturated rings. The van der Waals surface area contributed by atoms with Crippen molar-refractivity contribution in [1.29, 1.82) is 0 Å². The van der Waals surface area contributed by atoms with E-state index in [4.69, 9.17) is 4.74 Å². The summed E-state index contributed by atoms with van der Waals surface area (Å²) in [5.41, 5.74) is 1.02. The van der Waals surface area contributed by atoms with Crippen LogP contribution in [0.15, 0.2) is 24.3 Å². The molecule has 2 aromatic rings. The second-order valence-corrected chi connectivity index (χ2v) is 7.60. The Hall–Kier alpha value is -2.39. The molecule has 0 bridgehead atoms. The summed E-state index contributed by atoms with van der Waals surface area (Å²) in [6.45, 7) is 5.07. The first-order valence-corrected chi connectivity index (χ1v) is 10.0. The Morgan fingerprint density at radius 1 is 1.04 bits per heavy atom. The molecule has 1 aromatic heterocycles. The van der Waals surface area contributed by atoms with E-state index in [0.29, 0.717) is 39.4 Å². The van der Waals surface area contributed by atoms with Gasteiger partial charge in [-0.05, 0) is 12.1 Å². The second kappa shape index (κ2) is 8.10. The monoisotopic (exact) mass is 389 g/mol. The number of carbonyl (C=O) groups excluding carboxylic acids is 2. The van der Waals surface area contributed by atoms with E-state index in [1.807, 2.05) is 23.1 Å². The molecule has 0 saturated carbocycles. The van der Waals surface area contributed by atoms with Crippen molar-refractivity contribution in [2.45, 2.75) is 0 Å². The highest BCUT2D eigenvalue weighted by Crippen LogP contribution is 2.29. The zero-order chi connectivity index (χ0) is 18.6. The van der Waals surface area contributed by atoms with E-state index in [1.54, 1.807) is 16.2 Å². The van der Waals surface area contributed by atoms with Gasteiger partial charge in [-0.1, -0.05) is 23.5 Å². The summed E-state index contributed by atoms with van der Waals surface area (Å²) in [6.07, 6.45) is 0. The number of amides is 3. The van der Waals surface area contributed by atoms with Gasteiger partial charge in [0.25, 0.3) is 0 Å². The molecule has 0 spiro atoms. The average molecular weight is 389 g/mol. The molecule has 1 aromatic carbocycles. The minimum Gasteiger partial charge on any atom is -0.378 e. The maximum Gasteiger partial charge on any atom is 0.317 e. The lowest BCUT2D eigenvalue weighted by Gasteiger charge is -2.34. The number of fused-ring (bicyclic) bond motifs is 1. The van der Waals surface area contributed by atoms with E-state index in [0.717, 1.165) is 23.7 Å². The summed E-state index contributed by atoms with van der Waals surface area (Å²) in [6, 6.07) is 7.92. The zero-order valence-electron chi connectivity index (χ0n) is 15.1. The summed E-state index contributed by atoms with van der Waals surface area (Å²) in [7, 11) is 0. The highest BCUT2D eigenvalue weighted by molar-refractivity contribution is 7.22. The molecule has 2 saturated heterocycles. The third kappa shape index (κ3) is 4.14. The molecule has 2 aliphatic rings. The van der Waals surface area contributed by atoms with Gasteiger partial charge in [0, 0.05) is 39.3 Å². The first-order chi connectivity index (χ1) is 13.2. The van der Waals surface area contributed by atoms with Crippen molar-refractivity contribution in [2.24, 2.45) is 0 Å². The number of benzene rings is 1. The summed E-state index contributed by atoms with van der Waals surface area (Å²) in [5.74, 6) is -0.0411. The molecule has 9 heteroatoms. The Morgan fingerprint density at radius 2 is 1.78 bits per heavy atom. The minimum atomic E-state index is -0.195. The van der Waals surface area contributed by atoms with Gasteiger partial charge >= 0.3 is 6.03 Å². The van der Waals surface area contributed by atoms with E-state index >= 15 is 0 Å². The smallest absolute Gasteiger partial charge is 0.317 e. The van der Waals surface area contributed by atoms with Gasteiger partial charge in [0.15, 0.2) is 5.13 Å². The van der Waals surface area contributed by atoms with Crippen molar-refractivity contribution in [1.82, 2.24) is 20.1 Å². The van der Waals surface area contributed by atoms with Crippen LogP contribution in [0.2, 0.25) is 0 Å². The zero-order valence-corrected chi connectivity index (χ0v) is 15.9. The van der Waals surface area contributed by atoms with Crippen LogP contribution in [0.3, 0.4) is 0 Å². The van der Waals surface area contributed by atoms with Gasteiger partial charge in [-0.15, -0.1) is 0 Å². The molecular weight excluding hydrogens is 366 g/mol. The first-order valence-electron chi connectivity index (χ1n) is 9.19. The van der Waals surface area contributed by atoms with Crippen molar-refractivity contribution in [3.05, 3.63) is 24.3 Å². The van der Waals surface area contributed by atoms with Gasteiger partial charge in [0.2, 0.25) is 5.91 Å². The Bertz CT molecular complexity index is 779. The number of rotatable bonds is 3. The third-order valence-corrected chi connectivity index (χ3v) is 5.97. The van der Waals surface area contributed by atoms with Crippen LogP contribution < -0.4 is 10.2 Å². The lowest BCUT2D eigenvalue weighted by atomic mass is 10.3. The van der Waals surface area contributed by atoms with Crippen LogP contribution in [-0.4, -0.2) is 85.7 Å². The molecule has 0 atom stereocenters. The fourth-order valence-corrected chi connectivity index (χ4v) is 4.30. The largest absolute Gasteiger partial charge is 0.378 e. The number of para-hydroxylation sites is 1. The van der Waals surface area contributed by atoms with Crippen LogP contribution in [0.4, 0.5) is 9.93 Å². The van der Waals surface area contributed by atoms with E-state index < -0.39 is 0 Å². The average Bonchev–Trinajstić information content (AvgIpc) is 3.17. The highest BCUT2D eigenvalue weighted by Gasteiger charge is 2.24. The molecule has 3 amide bonds. The van der Waals surface area contributed by atoms with Crippen molar-refractivity contribution in [2.75, 3.05) is 63.9 Å². The number of carbonyl (C=O) groups is 2. The van der Waals surface area contributed by atoms with E-state index in [9.17, 15) is 9.59 Å². The van der Waals surface area contributed by atoms with Crippen molar-refractivity contribution >= 4 is 38.6 Å². The van der Waals surface area contributed by atoms with E-state index in [1.165, 1.54) is 4.70 Å². The number of urea groups is 1. The quantitative estimate of drug-likeness (QED) is 0.847. The fraction of sp³-hybridized carbons (Fsp3) is 0.500. The summed E-state index contributed by atoms with van der Waals surface area (Å²) >= 11 is 1.68. The Morgan fingerprint density at radius 3 is 2.52 bits per heavy atom. The Balaban J connectivity index is 1.25. The number of morpholine rings is 1. The molecule has 0 unspecified atom stereocenters. The Labute approximate surface area is 161 Å². The van der Waals surface area contributed by atoms with Crippen molar-refractivity contribution < 1.29 is 14.3 Å². The number of nitrogens with zero attached hydrogens (tertiary/aromatic N) is 4. The van der Waals surface area contributed by atoms with E-state index in [2.05, 4.69) is 21.3 Å². The van der Waals surface area contributed by atoms with E-state index in [-0.39, 0.29) is 18.5 Å². The number of anilines is 1. The minimum absolute atomic E-state index is 0.0390. The summed E-state index contributed by atoms with van der Waals surface area (Å²) in [4.78, 5) is 34.9. The molecule has 1 N–H and O–H groups in total. The molecule has 144 valence electrons. The third-order valence-electron chi connectivity index (χ3n) is 4.87. The molecule has 0 aliphatic carbocycles. The molecule has 3 heterocycles. The molecule has 8 nitrogen and oxygen atoms in total. The van der Waals surface area contributed by atoms with Gasteiger partial charge in [-0.25, -0.2) is 9.78 Å².